The highest BCUT2D eigenvalue weighted by Crippen LogP contribution is 2.35. The Morgan fingerprint density at radius 3 is 2.95 bits per heavy atom. The van der Waals surface area contributed by atoms with Crippen LogP contribution in [0.25, 0.3) is 11.0 Å². The fourth-order valence-electron chi connectivity index (χ4n) is 2.46. The highest BCUT2D eigenvalue weighted by atomic mass is 16.4. The molecule has 1 saturated carbocycles. The normalized spacial score (nSPS) is 17.3. The lowest BCUT2D eigenvalue weighted by Crippen LogP contribution is -2.14. The highest BCUT2D eigenvalue weighted by molar-refractivity contribution is 5.76. The van der Waals surface area contributed by atoms with Crippen LogP contribution >= 0.6 is 0 Å². The van der Waals surface area contributed by atoms with Gasteiger partial charge in [-0.05, 0) is 30.5 Å². The first-order valence-electron chi connectivity index (χ1n) is 6.60. The van der Waals surface area contributed by atoms with Crippen molar-refractivity contribution in [3.63, 3.8) is 0 Å². The van der Waals surface area contributed by atoms with Gasteiger partial charge in [-0.3, -0.25) is 4.79 Å². The molecular weight excluding hydrogens is 242 g/mol. The molecule has 0 saturated heterocycles. The van der Waals surface area contributed by atoms with Crippen molar-refractivity contribution in [1.82, 2.24) is 9.97 Å². The van der Waals surface area contributed by atoms with Gasteiger partial charge in [0.2, 0.25) is 0 Å². The molecule has 1 fully saturated rings. The quantitative estimate of drug-likeness (QED) is 0.785. The van der Waals surface area contributed by atoms with Gasteiger partial charge in [0.25, 0.3) is 0 Å². The van der Waals surface area contributed by atoms with Gasteiger partial charge in [-0.1, -0.05) is 12.5 Å². The first-order valence-corrected chi connectivity index (χ1v) is 6.60. The second kappa shape index (κ2) is 4.66. The van der Waals surface area contributed by atoms with E-state index in [9.17, 15) is 4.79 Å². The fourth-order valence-corrected chi connectivity index (χ4v) is 2.46. The summed E-state index contributed by atoms with van der Waals surface area (Å²) in [6.07, 6.45) is 3.61. The summed E-state index contributed by atoms with van der Waals surface area (Å²) in [6, 6.07) is 5.21. The van der Waals surface area contributed by atoms with Crippen LogP contribution < -0.4 is 5.73 Å². The van der Waals surface area contributed by atoms with E-state index < -0.39 is 12.0 Å². The number of benzene rings is 1. The van der Waals surface area contributed by atoms with Crippen LogP contribution in [-0.4, -0.2) is 21.0 Å². The lowest BCUT2D eigenvalue weighted by Gasteiger charge is -2.22. The van der Waals surface area contributed by atoms with Gasteiger partial charge in [0.15, 0.2) is 0 Å². The zero-order chi connectivity index (χ0) is 13.4. The van der Waals surface area contributed by atoms with E-state index in [1.165, 1.54) is 19.3 Å². The number of H-pyrrole nitrogens is 1. The number of rotatable bonds is 4. The molecule has 0 amide bonds. The number of carbonyl (C=O) groups is 1. The predicted octanol–water partition coefficient (Wildman–Crippen LogP) is 2.30. The number of nitrogens with zero attached hydrogens (tertiary/aromatic N) is 1. The van der Waals surface area contributed by atoms with Gasteiger partial charge in [-0.25, -0.2) is 4.98 Å². The molecule has 1 atom stereocenters. The van der Waals surface area contributed by atoms with E-state index in [4.69, 9.17) is 10.8 Å². The molecule has 2 aromatic rings. The maximum absolute atomic E-state index is 10.7. The van der Waals surface area contributed by atoms with Crippen molar-refractivity contribution in [3.8, 4) is 0 Å². The standard InChI is InChI=1S/C14H17N3O2/c15-10(7-13(18)19)9-4-5-11-12(6-9)17-14(16-11)8-2-1-3-8/h4-6,8,10H,1-3,7,15H2,(H,16,17)(H,18,19). The van der Waals surface area contributed by atoms with Crippen molar-refractivity contribution in [1.29, 1.82) is 0 Å². The van der Waals surface area contributed by atoms with Crippen molar-refractivity contribution in [2.24, 2.45) is 5.73 Å². The predicted molar refractivity (Wildman–Crippen MR) is 71.9 cm³/mol. The Labute approximate surface area is 110 Å². The molecule has 1 aromatic carbocycles. The molecule has 0 radical (unpaired) electrons. The van der Waals surface area contributed by atoms with E-state index in [-0.39, 0.29) is 6.42 Å². The molecule has 0 bridgehead atoms. The Hall–Kier alpha value is -1.88. The van der Waals surface area contributed by atoms with Crippen LogP contribution in [0.5, 0.6) is 0 Å². The second-order valence-corrected chi connectivity index (χ2v) is 5.23. The third-order valence-electron chi connectivity index (χ3n) is 3.84. The molecule has 1 aromatic heterocycles. The summed E-state index contributed by atoms with van der Waals surface area (Å²) in [5.74, 6) is 0.723. The second-order valence-electron chi connectivity index (χ2n) is 5.23. The topological polar surface area (TPSA) is 92.0 Å². The number of carboxylic acids is 1. The number of hydrogen-bond acceptors (Lipinski definition) is 3. The third kappa shape index (κ3) is 2.33. The van der Waals surface area contributed by atoms with E-state index in [0.29, 0.717) is 5.92 Å². The molecule has 1 aliphatic carbocycles. The molecule has 0 spiro atoms. The van der Waals surface area contributed by atoms with E-state index in [1.54, 1.807) is 0 Å². The van der Waals surface area contributed by atoms with Crippen LogP contribution in [0.1, 0.15) is 49.0 Å². The van der Waals surface area contributed by atoms with Crippen LogP contribution in [0.3, 0.4) is 0 Å². The molecule has 100 valence electrons. The first-order chi connectivity index (χ1) is 9.13. The van der Waals surface area contributed by atoms with Crippen molar-refractivity contribution in [3.05, 3.63) is 29.6 Å². The molecule has 4 N–H and O–H groups in total. The molecular formula is C14H17N3O2. The Kier molecular flexibility index (Phi) is 2.98. The highest BCUT2D eigenvalue weighted by Gasteiger charge is 2.22. The summed E-state index contributed by atoms with van der Waals surface area (Å²) in [4.78, 5) is 18.6. The first kappa shape index (κ1) is 12.2. The number of carboxylic acid groups (broad SMARTS) is 1. The maximum atomic E-state index is 10.7. The minimum absolute atomic E-state index is 0.0604. The van der Waals surface area contributed by atoms with Crippen molar-refractivity contribution < 1.29 is 9.90 Å². The van der Waals surface area contributed by atoms with Crippen LogP contribution in [0.4, 0.5) is 0 Å². The number of nitrogens with one attached hydrogen (secondary N) is 1. The number of aromatic nitrogens is 2. The summed E-state index contributed by atoms with van der Waals surface area (Å²) in [5.41, 5.74) is 8.58. The summed E-state index contributed by atoms with van der Waals surface area (Å²) < 4.78 is 0. The fraction of sp³-hybridized carbons (Fsp3) is 0.429. The number of hydrogen-bond donors (Lipinski definition) is 3. The van der Waals surface area contributed by atoms with Gasteiger partial charge in [0.1, 0.15) is 5.82 Å². The molecule has 5 nitrogen and oxygen atoms in total. The summed E-state index contributed by atoms with van der Waals surface area (Å²) in [5, 5.41) is 8.77. The van der Waals surface area contributed by atoms with Gasteiger partial charge >= 0.3 is 5.97 Å². The van der Waals surface area contributed by atoms with Gasteiger partial charge in [-0.2, -0.15) is 0 Å². The summed E-state index contributed by atoms with van der Waals surface area (Å²) in [7, 11) is 0. The van der Waals surface area contributed by atoms with Crippen LogP contribution in [0, 0.1) is 0 Å². The average molecular weight is 259 g/mol. The monoisotopic (exact) mass is 259 g/mol. The van der Waals surface area contributed by atoms with E-state index >= 15 is 0 Å². The third-order valence-corrected chi connectivity index (χ3v) is 3.84. The molecule has 1 unspecified atom stereocenters. The zero-order valence-corrected chi connectivity index (χ0v) is 10.6. The number of aromatic amines is 1. The molecule has 19 heavy (non-hydrogen) atoms. The average Bonchev–Trinajstić information content (AvgIpc) is 2.67. The molecule has 1 heterocycles. The smallest absolute Gasteiger partial charge is 0.305 e. The Morgan fingerprint density at radius 1 is 1.53 bits per heavy atom. The maximum Gasteiger partial charge on any atom is 0.305 e. The number of aliphatic carboxylic acids is 1. The van der Waals surface area contributed by atoms with Crippen molar-refractivity contribution >= 4 is 17.0 Å². The summed E-state index contributed by atoms with van der Waals surface area (Å²) in [6.45, 7) is 0. The number of imidazole rings is 1. The largest absolute Gasteiger partial charge is 0.481 e. The van der Waals surface area contributed by atoms with Gasteiger partial charge in [0, 0.05) is 12.0 Å². The molecule has 1 aliphatic rings. The Balaban J connectivity index is 1.89. The van der Waals surface area contributed by atoms with Crippen molar-refractivity contribution in [2.75, 3.05) is 0 Å². The van der Waals surface area contributed by atoms with Gasteiger partial charge in [0.05, 0.1) is 17.5 Å². The number of fused-ring (bicyclic) bond motifs is 1. The lowest BCUT2D eigenvalue weighted by atomic mass is 9.85. The molecule has 5 heteroatoms. The molecule has 3 rings (SSSR count). The van der Waals surface area contributed by atoms with Gasteiger partial charge in [-0.15, -0.1) is 0 Å². The van der Waals surface area contributed by atoms with E-state index in [2.05, 4.69) is 9.97 Å². The van der Waals surface area contributed by atoms with Crippen LogP contribution in [0.2, 0.25) is 0 Å². The van der Waals surface area contributed by atoms with E-state index in [0.717, 1.165) is 22.4 Å². The zero-order valence-electron chi connectivity index (χ0n) is 10.6. The van der Waals surface area contributed by atoms with E-state index in [1.807, 2.05) is 18.2 Å². The van der Waals surface area contributed by atoms with Crippen molar-refractivity contribution in [2.45, 2.75) is 37.6 Å². The minimum Gasteiger partial charge on any atom is -0.481 e. The van der Waals surface area contributed by atoms with Gasteiger partial charge < -0.3 is 15.8 Å². The lowest BCUT2D eigenvalue weighted by molar-refractivity contribution is -0.137. The van der Waals surface area contributed by atoms with Crippen LogP contribution in [0.15, 0.2) is 18.2 Å². The minimum atomic E-state index is -0.882. The summed E-state index contributed by atoms with van der Waals surface area (Å²) >= 11 is 0. The number of nitrogens with two attached hydrogens (primary N) is 1. The SMILES string of the molecule is NC(CC(=O)O)c1ccc2nc(C3CCC3)[nH]c2c1. The molecule has 0 aliphatic heterocycles. The Morgan fingerprint density at radius 2 is 2.32 bits per heavy atom. The van der Waals surface area contributed by atoms with Crippen LogP contribution in [-0.2, 0) is 4.79 Å². The Bertz CT molecular complexity index is 616.